The van der Waals surface area contributed by atoms with Crippen molar-refractivity contribution in [3.05, 3.63) is 53.9 Å². The van der Waals surface area contributed by atoms with Crippen LogP contribution in [0.1, 0.15) is 49.1 Å². The molecule has 0 aliphatic heterocycles. The molecule has 1 aromatic carbocycles. The van der Waals surface area contributed by atoms with Gasteiger partial charge in [-0.3, -0.25) is 4.68 Å². The molecule has 3 rings (SSSR count). The van der Waals surface area contributed by atoms with Gasteiger partial charge >= 0.3 is 0 Å². The summed E-state index contributed by atoms with van der Waals surface area (Å²) in [5.74, 6) is 0. The Labute approximate surface area is 125 Å². The Bertz CT molecular complexity index is 561. The first-order chi connectivity index (χ1) is 10.2. The standard InChI is InChI=1S/C17H22N2O2/c20-16(17(21)13-6-2-1-3-7-13)12-14-10-11-19(18-14)15-8-4-5-9-15/h1-3,6-7,10-11,15-17,20-21H,4-5,8-9,12H2. The van der Waals surface area contributed by atoms with Crippen molar-refractivity contribution in [1.82, 2.24) is 9.78 Å². The van der Waals surface area contributed by atoms with Crippen LogP contribution in [0.25, 0.3) is 0 Å². The Hall–Kier alpha value is -1.65. The molecule has 0 saturated heterocycles. The highest BCUT2D eigenvalue weighted by molar-refractivity contribution is 5.19. The average Bonchev–Trinajstić information content (AvgIpc) is 3.18. The zero-order chi connectivity index (χ0) is 14.7. The van der Waals surface area contributed by atoms with Gasteiger partial charge in [-0.15, -0.1) is 0 Å². The molecule has 4 heteroatoms. The van der Waals surface area contributed by atoms with E-state index in [2.05, 4.69) is 5.10 Å². The lowest BCUT2D eigenvalue weighted by Gasteiger charge is -2.17. The van der Waals surface area contributed by atoms with E-state index in [1.54, 1.807) is 0 Å². The van der Waals surface area contributed by atoms with E-state index in [4.69, 9.17) is 0 Å². The van der Waals surface area contributed by atoms with Gasteiger partial charge in [0.05, 0.1) is 17.8 Å². The quantitative estimate of drug-likeness (QED) is 0.888. The summed E-state index contributed by atoms with van der Waals surface area (Å²) < 4.78 is 2.02. The van der Waals surface area contributed by atoms with Crippen molar-refractivity contribution in [1.29, 1.82) is 0 Å². The summed E-state index contributed by atoms with van der Waals surface area (Å²) in [5.41, 5.74) is 1.57. The molecule has 2 N–H and O–H groups in total. The Balaban J connectivity index is 1.63. The van der Waals surface area contributed by atoms with Gasteiger partial charge in [-0.2, -0.15) is 5.10 Å². The van der Waals surface area contributed by atoms with E-state index < -0.39 is 12.2 Å². The molecule has 0 radical (unpaired) electrons. The number of hydrogen-bond donors (Lipinski definition) is 2. The molecule has 4 nitrogen and oxygen atoms in total. The molecule has 0 spiro atoms. The van der Waals surface area contributed by atoms with Gasteiger partial charge in [0, 0.05) is 12.6 Å². The summed E-state index contributed by atoms with van der Waals surface area (Å²) >= 11 is 0. The molecule has 2 unspecified atom stereocenters. The minimum absolute atomic E-state index is 0.371. The van der Waals surface area contributed by atoms with Crippen LogP contribution in [0.15, 0.2) is 42.6 Å². The van der Waals surface area contributed by atoms with Crippen molar-refractivity contribution >= 4 is 0 Å². The molecule has 1 aliphatic rings. The summed E-state index contributed by atoms with van der Waals surface area (Å²) in [6.07, 6.45) is 5.59. The summed E-state index contributed by atoms with van der Waals surface area (Å²) in [7, 11) is 0. The number of hydrogen-bond acceptors (Lipinski definition) is 3. The second kappa shape index (κ2) is 6.41. The normalized spacial score (nSPS) is 18.8. The maximum atomic E-state index is 10.2. The van der Waals surface area contributed by atoms with Gasteiger partial charge in [0.15, 0.2) is 0 Å². The lowest BCUT2D eigenvalue weighted by atomic mass is 10.0. The first kappa shape index (κ1) is 14.3. The molecule has 1 aliphatic carbocycles. The molecule has 21 heavy (non-hydrogen) atoms. The molecule has 1 aromatic heterocycles. The summed E-state index contributed by atoms with van der Waals surface area (Å²) in [4.78, 5) is 0. The highest BCUT2D eigenvalue weighted by Gasteiger charge is 2.21. The van der Waals surface area contributed by atoms with Crippen molar-refractivity contribution < 1.29 is 10.2 Å². The highest BCUT2D eigenvalue weighted by atomic mass is 16.3. The Kier molecular flexibility index (Phi) is 4.36. The van der Waals surface area contributed by atoms with E-state index in [1.165, 1.54) is 25.7 Å². The fourth-order valence-corrected chi connectivity index (χ4v) is 3.06. The van der Waals surface area contributed by atoms with Crippen LogP contribution in [-0.4, -0.2) is 26.1 Å². The second-order valence-corrected chi connectivity index (χ2v) is 5.85. The Morgan fingerprint density at radius 1 is 1.10 bits per heavy atom. The maximum Gasteiger partial charge on any atom is 0.105 e. The molecule has 112 valence electrons. The molecular weight excluding hydrogens is 264 g/mol. The van der Waals surface area contributed by atoms with E-state index in [-0.39, 0.29) is 0 Å². The van der Waals surface area contributed by atoms with E-state index >= 15 is 0 Å². The van der Waals surface area contributed by atoms with Crippen LogP contribution in [0.2, 0.25) is 0 Å². The van der Waals surface area contributed by atoms with Gasteiger partial charge in [-0.1, -0.05) is 43.2 Å². The van der Waals surface area contributed by atoms with Gasteiger partial charge in [0.2, 0.25) is 0 Å². The highest BCUT2D eigenvalue weighted by Crippen LogP contribution is 2.29. The first-order valence-corrected chi connectivity index (χ1v) is 7.69. The number of benzene rings is 1. The first-order valence-electron chi connectivity index (χ1n) is 7.69. The average molecular weight is 286 g/mol. The zero-order valence-electron chi connectivity index (χ0n) is 12.1. The number of rotatable bonds is 5. The molecule has 1 fully saturated rings. The minimum atomic E-state index is -0.872. The third-order valence-corrected chi connectivity index (χ3v) is 4.29. The molecular formula is C17H22N2O2. The third-order valence-electron chi connectivity index (χ3n) is 4.29. The minimum Gasteiger partial charge on any atom is -0.390 e. The van der Waals surface area contributed by atoms with Crippen LogP contribution in [0.4, 0.5) is 0 Å². The van der Waals surface area contributed by atoms with Crippen LogP contribution in [0, 0.1) is 0 Å². The monoisotopic (exact) mass is 286 g/mol. The molecule has 0 bridgehead atoms. The predicted molar refractivity (Wildman–Crippen MR) is 80.8 cm³/mol. The van der Waals surface area contributed by atoms with E-state index in [9.17, 15) is 10.2 Å². The number of aliphatic hydroxyl groups excluding tert-OH is 2. The Morgan fingerprint density at radius 2 is 1.81 bits per heavy atom. The molecule has 0 amide bonds. The number of aromatic nitrogens is 2. The van der Waals surface area contributed by atoms with E-state index in [1.807, 2.05) is 47.3 Å². The van der Waals surface area contributed by atoms with Crippen LogP contribution in [0.5, 0.6) is 0 Å². The van der Waals surface area contributed by atoms with Gasteiger partial charge in [0.25, 0.3) is 0 Å². The van der Waals surface area contributed by atoms with Crippen LogP contribution in [0.3, 0.4) is 0 Å². The molecule has 1 heterocycles. The van der Waals surface area contributed by atoms with Crippen molar-refractivity contribution in [2.45, 2.75) is 50.4 Å². The molecule has 1 saturated carbocycles. The second-order valence-electron chi connectivity index (χ2n) is 5.85. The van der Waals surface area contributed by atoms with Gasteiger partial charge in [0.1, 0.15) is 6.10 Å². The topological polar surface area (TPSA) is 58.3 Å². The molecule has 2 aromatic rings. The van der Waals surface area contributed by atoms with Gasteiger partial charge in [-0.25, -0.2) is 0 Å². The fraction of sp³-hybridized carbons (Fsp3) is 0.471. The van der Waals surface area contributed by atoms with Gasteiger partial charge in [-0.05, 0) is 24.5 Å². The lowest BCUT2D eigenvalue weighted by Crippen LogP contribution is -2.21. The van der Waals surface area contributed by atoms with Crippen molar-refractivity contribution in [2.24, 2.45) is 0 Å². The number of nitrogens with zero attached hydrogens (tertiary/aromatic N) is 2. The maximum absolute atomic E-state index is 10.2. The van der Waals surface area contributed by atoms with Crippen molar-refractivity contribution in [3.8, 4) is 0 Å². The Morgan fingerprint density at radius 3 is 2.52 bits per heavy atom. The summed E-state index contributed by atoms with van der Waals surface area (Å²) in [6.45, 7) is 0. The largest absolute Gasteiger partial charge is 0.390 e. The summed E-state index contributed by atoms with van der Waals surface area (Å²) in [5, 5.41) is 24.9. The van der Waals surface area contributed by atoms with Crippen LogP contribution >= 0.6 is 0 Å². The van der Waals surface area contributed by atoms with Crippen molar-refractivity contribution in [2.75, 3.05) is 0 Å². The van der Waals surface area contributed by atoms with Gasteiger partial charge < -0.3 is 10.2 Å². The zero-order valence-corrected chi connectivity index (χ0v) is 12.1. The van der Waals surface area contributed by atoms with Crippen LogP contribution < -0.4 is 0 Å². The van der Waals surface area contributed by atoms with Crippen molar-refractivity contribution in [3.63, 3.8) is 0 Å². The third kappa shape index (κ3) is 3.34. The SMILES string of the molecule is OC(Cc1ccn(C2CCCC2)n1)C(O)c1ccccc1. The lowest BCUT2D eigenvalue weighted by molar-refractivity contribution is 0.0183. The smallest absolute Gasteiger partial charge is 0.105 e. The fourth-order valence-electron chi connectivity index (χ4n) is 3.06. The molecule has 2 atom stereocenters. The number of aliphatic hydroxyl groups is 2. The summed E-state index contributed by atoms with van der Waals surface area (Å²) in [6, 6.07) is 11.7. The van der Waals surface area contributed by atoms with E-state index in [0.717, 1.165) is 11.3 Å². The van der Waals surface area contributed by atoms with Crippen LogP contribution in [-0.2, 0) is 6.42 Å². The predicted octanol–water partition coefficient (Wildman–Crippen LogP) is 2.64. The van der Waals surface area contributed by atoms with E-state index in [0.29, 0.717) is 12.5 Å².